The van der Waals surface area contributed by atoms with Gasteiger partial charge < -0.3 is 44.5 Å². The lowest BCUT2D eigenvalue weighted by molar-refractivity contribution is -0.374. The van der Waals surface area contributed by atoms with Crippen molar-refractivity contribution >= 4 is 23.9 Å². The highest BCUT2D eigenvalue weighted by molar-refractivity contribution is 5.97. The largest absolute Gasteiger partial charge is 0.479 e. The van der Waals surface area contributed by atoms with Crippen LogP contribution in [0, 0.1) is 5.92 Å². The topological polar surface area (TPSA) is 206 Å². The second-order valence-corrected chi connectivity index (χ2v) is 13.6. The van der Waals surface area contributed by atoms with Crippen LogP contribution in [0.1, 0.15) is 103 Å². The van der Waals surface area contributed by atoms with Crippen molar-refractivity contribution < 1.29 is 63.7 Å². The number of hydrogen-bond donors (Lipinski definition) is 5. The molecule has 0 aliphatic carbocycles. The number of carboxylic acids is 3. The first-order chi connectivity index (χ1) is 23.7. The number of aliphatic hydroxyl groups is 2. The van der Waals surface area contributed by atoms with Crippen LogP contribution in [0.15, 0.2) is 42.5 Å². The molecule has 2 fully saturated rings. The van der Waals surface area contributed by atoms with E-state index < -0.39 is 71.7 Å². The fourth-order valence-corrected chi connectivity index (χ4v) is 7.16. The average Bonchev–Trinajstić information content (AvgIpc) is 3.28. The number of fused-ring (bicyclic) bond motifs is 2. The van der Waals surface area contributed by atoms with Gasteiger partial charge in [-0.3, -0.25) is 4.79 Å². The third kappa shape index (κ3) is 8.92. The van der Waals surface area contributed by atoms with Crippen LogP contribution < -0.4 is 0 Å². The first-order valence-electron chi connectivity index (χ1n) is 17.7. The second-order valence-electron chi connectivity index (χ2n) is 13.6. The van der Waals surface area contributed by atoms with Gasteiger partial charge in [0.15, 0.2) is 5.79 Å². The first kappa shape index (κ1) is 41.1. The molecule has 0 aromatic heterocycles. The summed E-state index contributed by atoms with van der Waals surface area (Å²) in [5, 5.41) is 53.8. The van der Waals surface area contributed by atoms with E-state index >= 15 is 0 Å². The number of hydrogen-bond acceptors (Lipinski definition) is 10. The number of carbonyl (C=O) groups excluding carboxylic acids is 1. The number of aliphatic hydroxyl groups excluding tert-OH is 1. The quantitative estimate of drug-likeness (QED) is 0.0598. The van der Waals surface area contributed by atoms with Crippen molar-refractivity contribution in [3.05, 3.63) is 48.0 Å². The molecular weight excluding hydrogens is 652 g/mol. The van der Waals surface area contributed by atoms with Gasteiger partial charge in [-0.2, -0.15) is 0 Å². The highest BCUT2D eigenvalue weighted by Gasteiger charge is 2.85. The Labute approximate surface area is 293 Å². The smallest absolute Gasteiger partial charge is 0.343 e. The summed E-state index contributed by atoms with van der Waals surface area (Å²) in [6.45, 7) is 9.20. The third-order valence-electron chi connectivity index (χ3n) is 9.81. The van der Waals surface area contributed by atoms with Crippen LogP contribution in [0.4, 0.5) is 0 Å². The molecule has 3 rings (SSSR count). The standard InChI is InChI=1S/C37H54O13/c1-5-6-7-8-9-10-11-12-13-17-22-47-30-29(39)35(49-31(32(40)41)36(46,33(42)43)37(30,50-35)34(44)45)21-20-24(2)28(48-26(4)38)25(3)23-27-18-15-14-16-19-27/h14-16,18-19,25,28-31,39,46H,2,5-13,17,20-23H2,1,3-4H3,(H,40,41)(H,42,43)(H,44,45)/t25?,28?,29-,30-,31-,35-,36-,37-/m1/s1. The fraction of sp³-hybridized carbons (Fsp3) is 0.676. The third-order valence-corrected chi connectivity index (χ3v) is 9.81. The molecule has 2 aliphatic heterocycles. The van der Waals surface area contributed by atoms with E-state index in [0.29, 0.717) is 24.8 Å². The molecule has 0 saturated carbocycles. The summed E-state index contributed by atoms with van der Waals surface area (Å²) >= 11 is 0. The molecule has 50 heavy (non-hydrogen) atoms. The lowest BCUT2D eigenvalue weighted by Gasteiger charge is -2.49. The second kappa shape index (κ2) is 18.2. The van der Waals surface area contributed by atoms with Gasteiger partial charge in [0.05, 0.1) is 0 Å². The summed E-state index contributed by atoms with van der Waals surface area (Å²) < 4.78 is 22.8. The molecular formula is C37H54O13. The van der Waals surface area contributed by atoms with E-state index in [9.17, 15) is 44.7 Å². The van der Waals surface area contributed by atoms with E-state index in [1.807, 2.05) is 37.3 Å². The summed E-state index contributed by atoms with van der Waals surface area (Å²) in [7, 11) is 0. The number of aliphatic carboxylic acids is 3. The molecule has 2 aliphatic rings. The Morgan fingerprint density at radius 3 is 2.02 bits per heavy atom. The van der Waals surface area contributed by atoms with Crippen molar-refractivity contribution in [2.24, 2.45) is 5.92 Å². The van der Waals surface area contributed by atoms with Crippen molar-refractivity contribution in [1.29, 1.82) is 0 Å². The van der Waals surface area contributed by atoms with Crippen molar-refractivity contribution in [3.63, 3.8) is 0 Å². The fourth-order valence-electron chi connectivity index (χ4n) is 7.16. The molecule has 2 bridgehead atoms. The van der Waals surface area contributed by atoms with Crippen LogP contribution in [-0.2, 0) is 44.5 Å². The van der Waals surface area contributed by atoms with Gasteiger partial charge >= 0.3 is 23.9 Å². The monoisotopic (exact) mass is 706 g/mol. The maximum atomic E-state index is 13.0. The molecule has 2 saturated heterocycles. The number of ether oxygens (including phenoxy) is 4. The van der Waals surface area contributed by atoms with E-state index in [2.05, 4.69) is 13.5 Å². The minimum atomic E-state index is -3.70. The molecule has 5 N–H and O–H groups in total. The molecule has 13 heteroatoms. The van der Waals surface area contributed by atoms with E-state index in [-0.39, 0.29) is 18.9 Å². The van der Waals surface area contributed by atoms with Crippen molar-refractivity contribution in [2.75, 3.05) is 6.61 Å². The minimum absolute atomic E-state index is 0.127. The maximum absolute atomic E-state index is 13.0. The Morgan fingerprint density at radius 2 is 1.50 bits per heavy atom. The number of rotatable bonds is 23. The Bertz CT molecular complexity index is 1320. The van der Waals surface area contributed by atoms with Gasteiger partial charge in [0.2, 0.25) is 17.3 Å². The molecule has 0 spiro atoms. The summed E-state index contributed by atoms with van der Waals surface area (Å²) in [4.78, 5) is 50.0. The van der Waals surface area contributed by atoms with Crippen LogP contribution in [0.5, 0.6) is 0 Å². The van der Waals surface area contributed by atoms with Crippen molar-refractivity contribution in [3.8, 4) is 0 Å². The van der Waals surface area contributed by atoms with Crippen molar-refractivity contribution in [2.45, 2.75) is 146 Å². The summed E-state index contributed by atoms with van der Waals surface area (Å²) in [5.74, 6) is -9.58. The number of esters is 1. The summed E-state index contributed by atoms with van der Waals surface area (Å²) in [6, 6.07) is 9.44. The molecule has 2 unspecified atom stereocenters. The van der Waals surface area contributed by atoms with E-state index in [1.165, 1.54) is 32.6 Å². The lowest BCUT2D eigenvalue weighted by atomic mass is 9.74. The molecule has 13 nitrogen and oxygen atoms in total. The van der Waals surface area contributed by atoms with Gasteiger partial charge in [0.1, 0.15) is 18.3 Å². The van der Waals surface area contributed by atoms with Gasteiger partial charge in [0.25, 0.3) is 0 Å². The maximum Gasteiger partial charge on any atom is 0.343 e. The van der Waals surface area contributed by atoms with Crippen LogP contribution in [-0.4, -0.2) is 97.4 Å². The van der Waals surface area contributed by atoms with Crippen LogP contribution in [0.25, 0.3) is 0 Å². The molecule has 280 valence electrons. The molecule has 0 amide bonds. The molecule has 0 radical (unpaired) electrons. The predicted molar refractivity (Wildman–Crippen MR) is 180 cm³/mol. The number of unbranched alkanes of at least 4 members (excludes halogenated alkanes) is 9. The molecule has 1 aromatic carbocycles. The summed E-state index contributed by atoms with van der Waals surface area (Å²) in [5.41, 5.74) is -5.66. The Kier molecular flexibility index (Phi) is 15.0. The van der Waals surface area contributed by atoms with E-state index in [1.54, 1.807) is 0 Å². The van der Waals surface area contributed by atoms with Gasteiger partial charge in [-0.15, -0.1) is 0 Å². The van der Waals surface area contributed by atoms with Gasteiger partial charge in [0, 0.05) is 25.9 Å². The average molecular weight is 707 g/mol. The zero-order chi connectivity index (χ0) is 37.1. The molecule has 2 heterocycles. The lowest BCUT2D eigenvalue weighted by Crippen LogP contribution is -2.78. The van der Waals surface area contributed by atoms with Gasteiger partial charge in [-0.1, -0.05) is 109 Å². The number of benzene rings is 1. The predicted octanol–water partition coefficient (Wildman–Crippen LogP) is 4.65. The minimum Gasteiger partial charge on any atom is -0.479 e. The Hall–Kier alpha value is -3.36. The highest BCUT2D eigenvalue weighted by Crippen LogP contribution is 2.56. The highest BCUT2D eigenvalue weighted by atomic mass is 16.8. The van der Waals surface area contributed by atoms with Gasteiger partial charge in [-0.25, -0.2) is 14.4 Å². The van der Waals surface area contributed by atoms with Crippen LogP contribution in [0.3, 0.4) is 0 Å². The molecule has 8 atom stereocenters. The first-order valence-corrected chi connectivity index (χ1v) is 17.7. The van der Waals surface area contributed by atoms with Gasteiger partial charge in [-0.05, 0) is 30.4 Å². The van der Waals surface area contributed by atoms with E-state index in [0.717, 1.165) is 31.2 Å². The SMILES string of the molecule is C=C(CC[C@@]12O[C@H](C(=O)O)[C@@](O)(C(=O)O)[C@@](C(=O)O)(O1)[C@H](OCCCCCCCCCCCC)[C@H]2O)C(OC(C)=O)C(C)Cc1ccccc1. The zero-order valence-electron chi connectivity index (χ0n) is 29.4. The zero-order valence-corrected chi connectivity index (χ0v) is 29.4. The molecule has 1 aromatic rings. The Balaban J connectivity index is 1.83. The number of carboxylic acid groups (broad SMARTS) is 3. The van der Waals surface area contributed by atoms with Crippen molar-refractivity contribution in [1.82, 2.24) is 0 Å². The Morgan fingerprint density at radius 1 is 0.920 bits per heavy atom. The van der Waals surface area contributed by atoms with Crippen LogP contribution >= 0.6 is 0 Å². The van der Waals surface area contributed by atoms with Crippen LogP contribution in [0.2, 0.25) is 0 Å². The summed E-state index contributed by atoms with van der Waals surface area (Å²) in [6.07, 6.45) is 2.40. The number of carbonyl (C=O) groups is 4. The van der Waals surface area contributed by atoms with E-state index in [4.69, 9.17) is 18.9 Å². The normalized spacial score (nSPS) is 28.5.